The van der Waals surface area contributed by atoms with Crippen LogP contribution in [0, 0.1) is 0 Å². The lowest BCUT2D eigenvalue weighted by Crippen LogP contribution is -2.22. The summed E-state index contributed by atoms with van der Waals surface area (Å²) in [5.74, 6) is 0.560. The molecule has 32 heavy (non-hydrogen) atoms. The third-order valence-corrected chi connectivity index (χ3v) is 5.30. The van der Waals surface area contributed by atoms with Gasteiger partial charge in [-0.3, -0.25) is 0 Å². The third kappa shape index (κ3) is 9.41. The van der Waals surface area contributed by atoms with Gasteiger partial charge in [0, 0.05) is 17.2 Å². The zero-order chi connectivity index (χ0) is 23.0. The monoisotopic (exact) mass is 438 g/mol. The number of hydrogen-bond donors (Lipinski definition) is 3. The SMILES string of the molecule is CCCCCCCCCCCCOc1ccc(C(=NN=C(N)N)c2ccccc2)c(O)c1. The van der Waals surface area contributed by atoms with Gasteiger partial charge in [0.15, 0.2) is 0 Å². The summed E-state index contributed by atoms with van der Waals surface area (Å²) < 4.78 is 5.83. The maximum atomic E-state index is 10.6. The van der Waals surface area contributed by atoms with Crippen LogP contribution >= 0.6 is 0 Å². The van der Waals surface area contributed by atoms with E-state index in [0.29, 0.717) is 23.6 Å². The number of hydrogen-bond acceptors (Lipinski definition) is 4. The van der Waals surface area contributed by atoms with Crippen molar-refractivity contribution < 1.29 is 9.84 Å². The van der Waals surface area contributed by atoms with Gasteiger partial charge in [0.2, 0.25) is 5.96 Å². The number of phenols is 1. The maximum absolute atomic E-state index is 10.6. The Morgan fingerprint density at radius 3 is 2.03 bits per heavy atom. The third-order valence-electron chi connectivity index (χ3n) is 5.30. The Hall–Kier alpha value is -3.02. The van der Waals surface area contributed by atoms with Crippen molar-refractivity contribution in [3.63, 3.8) is 0 Å². The molecule has 0 aliphatic rings. The summed E-state index contributed by atoms with van der Waals surface area (Å²) in [7, 11) is 0. The number of phenolic OH excluding ortho intramolecular Hbond substituents is 1. The van der Waals surface area contributed by atoms with Crippen LogP contribution in [0.3, 0.4) is 0 Å². The van der Waals surface area contributed by atoms with E-state index in [4.69, 9.17) is 16.2 Å². The van der Waals surface area contributed by atoms with Gasteiger partial charge >= 0.3 is 0 Å². The van der Waals surface area contributed by atoms with Gasteiger partial charge in [-0.15, -0.1) is 10.2 Å². The summed E-state index contributed by atoms with van der Waals surface area (Å²) >= 11 is 0. The average Bonchev–Trinajstić information content (AvgIpc) is 2.79. The number of benzene rings is 2. The van der Waals surface area contributed by atoms with Crippen molar-refractivity contribution in [3.05, 3.63) is 59.7 Å². The van der Waals surface area contributed by atoms with E-state index in [1.165, 1.54) is 57.8 Å². The maximum Gasteiger partial charge on any atom is 0.211 e. The first-order valence-electron chi connectivity index (χ1n) is 11.8. The Kier molecular flexibility index (Phi) is 11.7. The average molecular weight is 439 g/mol. The first kappa shape index (κ1) is 25.2. The van der Waals surface area contributed by atoms with E-state index in [1.807, 2.05) is 36.4 Å². The highest BCUT2D eigenvalue weighted by Crippen LogP contribution is 2.27. The van der Waals surface area contributed by atoms with Crippen LogP contribution in [-0.4, -0.2) is 23.4 Å². The highest BCUT2D eigenvalue weighted by Gasteiger charge is 2.13. The number of nitrogens with zero attached hydrogens (tertiary/aromatic N) is 2. The van der Waals surface area contributed by atoms with E-state index in [0.717, 1.165) is 12.0 Å². The number of ether oxygens (including phenoxy) is 1. The Bertz CT molecular complexity index is 846. The topological polar surface area (TPSA) is 106 Å². The smallest absolute Gasteiger partial charge is 0.211 e. The molecule has 2 aromatic carbocycles. The van der Waals surface area contributed by atoms with Crippen LogP contribution in [0.1, 0.15) is 82.3 Å². The molecule has 6 nitrogen and oxygen atoms in total. The molecule has 0 saturated carbocycles. The van der Waals surface area contributed by atoms with Gasteiger partial charge in [0.1, 0.15) is 17.2 Å². The van der Waals surface area contributed by atoms with Crippen LogP contribution in [0.15, 0.2) is 58.7 Å². The lowest BCUT2D eigenvalue weighted by molar-refractivity contribution is 0.302. The minimum atomic E-state index is -0.144. The Morgan fingerprint density at radius 2 is 1.44 bits per heavy atom. The highest BCUT2D eigenvalue weighted by atomic mass is 16.5. The molecule has 0 atom stereocenters. The summed E-state index contributed by atoms with van der Waals surface area (Å²) in [6, 6.07) is 14.7. The molecule has 5 N–H and O–H groups in total. The van der Waals surface area contributed by atoms with Gasteiger partial charge in [0.25, 0.3) is 0 Å². The second kappa shape index (κ2) is 14.9. The molecule has 0 amide bonds. The van der Waals surface area contributed by atoms with Crippen molar-refractivity contribution in [2.45, 2.75) is 71.1 Å². The molecule has 0 unspecified atom stereocenters. The fourth-order valence-electron chi connectivity index (χ4n) is 3.55. The van der Waals surface area contributed by atoms with Gasteiger partial charge in [-0.1, -0.05) is 95.0 Å². The normalized spacial score (nSPS) is 11.3. The fourth-order valence-corrected chi connectivity index (χ4v) is 3.55. The van der Waals surface area contributed by atoms with E-state index in [2.05, 4.69) is 17.1 Å². The molecular formula is C26H38N4O2. The Balaban J connectivity index is 1.82. The van der Waals surface area contributed by atoms with Crippen LogP contribution in [0.25, 0.3) is 0 Å². The van der Waals surface area contributed by atoms with Crippen LogP contribution in [-0.2, 0) is 0 Å². The molecule has 0 aromatic heterocycles. The van der Waals surface area contributed by atoms with Crippen molar-refractivity contribution >= 4 is 11.7 Å². The second-order valence-electron chi connectivity index (χ2n) is 8.05. The van der Waals surface area contributed by atoms with Crippen LogP contribution < -0.4 is 16.2 Å². The summed E-state index contributed by atoms with van der Waals surface area (Å²) in [6.45, 7) is 2.89. The molecular weight excluding hydrogens is 400 g/mol. The van der Waals surface area contributed by atoms with Gasteiger partial charge in [-0.2, -0.15) is 0 Å². The molecule has 0 aliphatic carbocycles. The van der Waals surface area contributed by atoms with E-state index in [9.17, 15) is 5.11 Å². The van der Waals surface area contributed by atoms with Gasteiger partial charge in [-0.05, 0) is 18.6 Å². The minimum Gasteiger partial charge on any atom is -0.507 e. The molecule has 174 valence electrons. The zero-order valence-electron chi connectivity index (χ0n) is 19.3. The van der Waals surface area contributed by atoms with Crippen molar-refractivity contribution in [2.75, 3.05) is 6.61 Å². The summed E-state index contributed by atoms with van der Waals surface area (Å²) in [4.78, 5) is 0. The summed E-state index contributed by atoms with van der Waals surface area (Å²) in [6.07, 6.45) is 12.9. The minimum absolute atomic E-state index is 0.0685. The molecule has 0 spiro atoms. The molecule has 0 bridgehead atoms. The van der Waals surface area contributed by atoms with E-state index >= 15 is 0 Å². The Labute approximate surface area is 192 Å². The highest BCUT2D eigenvalue weighted by molar-refractivity contribution is 6.14. The van der Waals surface area contributed by atoms with Crippen molar-refractivity contribution in [2.24, 2.45) is 21.7 Å². The van der Waals surface area contributed by atoms with Gasteiger partial charge in [0.05, 0.1) is 6.61 Å². The first-order valence-corrected chi connectivity index (χ1v) is 11.8. The first-order chi connectivity index (χ1) is 15.6. The number of guanidine groups is 1. The molecule has 0 heterocycles. The number of nitrogens with two attached hydrogens (primary N) is 2. The van der Waals surface area contributed by atoms with E-state index in [-0.39, 0.29) is 11.7 Å². The quantitative estimate of drug-likeness (QED) is 0.143. The van der Waals surface area contributed by atoms with Crippen molar-refractivity contribution in [1.82, 2.24) is 0 Å². The molecule has 0 saturated heterocycles. The predicted octanol–water partition coefficient (Wildman–Crippen LogP) is 5.72. The molecule has 0 radical (unpaired) electrons. The second-order valence-corrected chi connectivity index (χ2v) is 8.05. The lowest BCUT2D eigenvalue weighted by atomic mass is 10.0. The van der Waals surface area contributed by atoms with Crippen molar-refractivity contribution in [3.8, 4) is 11.5 Å². The molecule has 0 aliphatic heterocycles. The van der Waals surface area contributed by atoms with Crippen LogP contribution in [0.5, 0.6) is 11.5 Å². The summed E-state index contributed by atoms with van der Waals surface area (Å²) in [5, 5.41) is 18.5. The lowest BCUT2D eigenvalue weighted by Gasteiger charge is -2.11. The van der Waals surface area contributed by atoms with E-state index in [1.54, 1.807) is 12.1 Å². The summed E-state index contributed by atoms with van der Waals surface area (Å²) in [5.41, 5.74) is 12.7. The number of aromatic hydroxyl groups is 1. The Morgan fingerprint density at radius 1 is 0.812 bits per heavy atom. The number of unbranched alkanes of at least 4 members (excludes halogenated alkanes) is 9. The predicted molar refractivity (Wildman–Crippen MR) is 133 cm³/mol. The molecule has 2 aromatic rings. The van der Waals surface area contributed by atoms with E-state index < -0.39 is 0 Å². The van der Waals surface area contributed by atoms with Crippen LogP contribution in [0.2, 0.25) is 0 Å². The fraction of sp³-hybridized carbons (Fsp3) is 0.462. The number of rotatable bonds is 15. The molecule has 6 heteroatoms. The largest absolute Gasteiger partial charge is 0.507 e. The molecule has 0 fully saturated rings. The molecule has 2 rings (SSSR count). The van der Waals surface area contributed by atoms with Crippen LogP contribution in [0.4, 0.5) is 0 Å². The van der Waals surface area contributed by atoms with Gasteiger partial charge < -0.3 is 21.3 Å². The van der Waals surface area contributed by atoms with Crippen molar-refractivity contribution in [1.29, 1.82) is 0 Å². The zero-order valence-corrected chi connectivity index (χ0v) is 19.3. The van der Waals surface area contributed by atoms with Gasteiger partial charge in [-0.25, -0.2) is 0 Å². The standard InChI is InChI=1S/C26H38N4O2/c1-2-3-4-5-6-7-8-9-10-14-19-32-22-17-18-23(24(31)20-22)25(29-30-26(27)28)21-15-12-11-13-16-21/h11-13,15-18,20,31H,2-10,14,19H2,1H3,(H4,27,28,30).